The van der Waals surface area contributed by atoms with Crippen molar-refractivity contribution in [3.05, 3.63) is 52.0 Å². The SMILES string of the molecule is O=C(Nc1ccc(Cl)cc1Cl)c1cc(S(=O)(=O)N2CCCCC2)ccc1N1CCOCC1. The van der Waals surface area contributed by atoms with Gasteiger partial charge >= 0.3 is 0 Å². The summed E-state index contributed by atoms with van der Waals surface area (Å²) in [6.45, 7) is 3.29. The topological polar surface area (TPSA) is 79.0 Å². The van der Waals surface area contributed by atoms with Gasteiger partial charge in [-0.15, -0.1) is 0 Å². The van der Waals surface area contributed by atoms with Crippen LogP contribution in [0, 0.1) is 0 Å². The molecule has 2 aromatic rings. The lowest BCUT2D eigenvalue weighted by molar-refractivity contribution is 0.102. The first kappa shape index (κ1) is 23.3. The van der Waals surface area contributed by atoms with E-state index in [0.717, 1.165) is 19.3 Å². The smallest absolute Gasteiger partial charge is 0.257 e. The monoisotopic (exact) mass is 497 g/mol. The highest BCUT2D eigenvalue weighted by molar-refractivity contribution is 7.89. The van der Waals surface area contributed by atoms with Gasteiger partial charge in [-0.3, -0.25) is 4.79 Å². The Bertz CT molecular complexity index is 1100. The number of amides is 1. The fourth-order valence-corrected chi connectivity index (χ4v) is 5.97. The lowest BCUT2D eigenvalue weighted by Crippen LogP contribution is -2.38. The average Bonchev–Trinajstić information content (AvgIpc) is 2.81. The Morgan fingerprint density at radius 2 is 1.66 bits per heavy atom. The van der Waals surface area contributed by atoms with Gasteiger partial charge in [-0.2, -0.15) is 4.31 Å². The highest BCUT2D eigenvalue weighted by Crippen LogP contribution is 2.30. The molecule has 2 fully saturated rings. The molecule has 2 aliphatic rings. The second-order valence-electron chi connectivity index (χ2n) is 7.82. The van der Waals surface area contributed by atoms with Crippen molar-refractivity contribution in [2.24, 2.45) is 0 Å². The summed E-state index contributed by atoms with van der Waals surface area (Å²) in [5, 5.41) is 3.55. The Morgan fingerprint density at radius 3 is 2.34 bits per heavy atom. The van der Waals surface area contributed by atoms with Crippen LogP contribution in [0.5, 0.6) is 0 Å². The molecule has 0 saturated carbocycles. The van der Waals surface area contributed by atoms with E-state index in [1.54, 1.807) is 30.3 Å². The Balaban J connectivity index is 1.71. The molecule has 0 radical (unpaired) electrons. The summed E-state index contributed by atoms with van der Waals surface area (Å²) < 4.78 is 33.4. The lowest BCUT2D eigenvalue weighted by Gasteiger charge is -2.31. The third-order valence-electron chi connectivity index (χ3n) is 5.70. The molecule has 1 amide bonds. The summed E-state index contributed by atoms with van der Waals surface area (Å²) in [6, 6.07) is 9.54. The summed E-state index contributed by atoms with van der Waals surface area (Å²) in [6.07, 6.45) is 2.71. The van der Waals surface area contributed by atoms with E-state index >= 15 is 0 Å². The number of hydrogen-bond donors (Lipinski definition) is 1. The van der Waals surface area contributed by atoms with Gasteiger partial charge in [0.05, 0.1) is 34.4 Å². The van der Waals surface area contributed by atoms with Crippen molar-refractivity contribution in [1.82, 2.24) is 4.31 Å². The zero-order valence-electron chi connectivity index (χ0n) is 17.5. The molecule has 7 nitrogen and oxygen atoms in total. The number of carbonyl (C=O) groups is 1. The van der Waals surface area contributed by atoms with E-state index < -0.39 is 15.9 Å². The molecule has 0 aliphatic carbocycles. The molecule has 0 atom stereocenters. The van der Waals surface area contributed by atoms with Gasteiger partial charge in [0.2, 0.25) is 10.0 Å². The number of nitrogens with zero attached hydrogens (tertiary/aromatic N) is 2. The Hall–Kier alpha value is -1.84. The van der Waals surface area contributed by atoms with Gasteiger partial charge in [0, 0.05) is 36.9 Å². The zero-order chi connectivity index (χ0) is 22.7. The fraction of sp³-hybridized carbons (Fsp3) is 0.409. The molecule has 4 rings (SSSR count). The van der Waals surface area contributed by atoms with Crippen LogP contribution >= 0.6 is 23.2 Å². The first-order valence-electron chi connectivity index (χ1n) is 10.6. The van der Waals surface area contributed by atoms with Gasteiger partial charge in [-0.05, 0) is 49.2 Å². The highest BCUT2D eigenvalue weighted by atomic mass is 35.5. The Kier molecular flexibility index (Phi) is 7.27. The standard InChI is InChI=1S/C22H25Cl2N3O4S/c23-16-4-6-20(19(24)14-16)25-22(28)18-15-17(32(29,30)27-8-2-1-3-9-27)5-7-21(18)26-10-12-31-13-11-26/h4-7,14-15H,1-3,8-13H2,(H,25,28). The summed E-state index contributed by atoms with van der Waals surface area (Å²) in [4.78, 5) is 15.4. The first-order valence-corrected chi connectivity index (χ1v) is 12.8. The van der Waals surface area contributed by atoms with Crippen LogP contribution < -0.4 is 10.2 Å². The van der Waals surface area contributed by atoms with Crippen molar-refractivity contribution >= 4 is 50.5 Å². The Labute approximate surface area is 198 Å². The van der Waals surface area contributed by atoms with Gasteiger partial charge < -0.3 is 15.0 Å². The molecule has 0 bridgehead atoms. The van der Waals surface area contributed by atoms with E-state index in [2.05, 4.69) is 5.32 Å². The fourth-order valence-electron chi connectivity index (χ4n) is 3.97. The van der Waals surface area contributed by atoms with Gasteiger partial charge in [0.1, 0.15) is 0 Å². The maximum absolute atomic E-state index is 13.3. The van der Waals surface area contributed by atoms with Crippen LogP contribution in [0.25, 0.3) is 0 Å². The molecule has 0 unspecified atom stereocenters. The molecule has 172 valence electrons. The third-order valence-corrected chi connectivity index (χ3v) is 8.14. The van der Waals surface area contributed by atoms with Crippen LogP contribution in [-0.4, -0.2) is 58.0 Å². The van der Waals surface area contributed by atoms with Crippen molar-refractivity contribution < 1.29 is 17.9 Å². The van der Waals surface area contributed by atoms with E-state index in [1.807, 2.05) is 4.90 Å². The van der Waals surface area contributed by atoms with Gasteiger partial charge in [0.15, 0.2) is 0 Å². The molecular weight excluding hydrogens is 473 g/mol. The molecule has 2 aromatic carbocycles. The number of hydrogen-bond acceptors (Lipinski definition) is 5. The largest absolute Gasteiger partial charge is 0.378 e. The van der Waals surface area contributed by atoms with Crippen molar-refractivity contribution in [3.8, 4) is 0 Å². The van der Waals surface area contributed by atoms with Gasteiger partial charge in [-0.1, -0.05) is 29.6 Å². The van der Waals surface area contributed by atoms with Crippen molar-refractivity contribution in [2.75, 3.05) is 49.6 Å². The first-order chi connectivity index (χ1) is 15.4. The quantitative estimate of drug-likeness (QED) is 0.667. The minimum atomic E-state index is -3.69. The number of anilines is 2. The van der Waals surface area contributed by atoms with E-state index in [-0.39, 0.29) is 10.5 Å². The van der Waals surface area contributed by atoms with E-state index in [1.165, 1.54) is 10.4 Å². The minimum absolute atomic E-state index is 0.115. The maximum Gasteiger partial charge on any atom is 0.257 e. The normalized spacial score (nSPS) is 17.9. The van der Waals surface area contributed by atoms with Crippen LogP contribution in [0.1, 0.15) is 29.6 Å². The number of morpholine rings is 1. The second-order valence-corrected chi connectivity index (χ2v) is 10.6. The number of piperidine rings is 1. The molecule has 0 aromatic heterocycles. The average molecular weight is 498 g/mol. The molecule has 2 saturated heterocycles. The second kappa shape index (κ2) is 9.97. The number of carbonyl (C=O) groups excluding carboxylic acids is 1. The van der Waals surface area contributed by atoms with E-state index in [9.17, 15) is 13.2 Å². The predicted octanol–water partition coefficient (Wildman–Crippen LogP) is 4.26. The summed E-state index contributed by atoms with van der Waals surface area (Å²) in [5.41, 5.74) is 1.34. The van der Waals surface area contributed by atoms with Crippen molar-refractivity contribution in [1.29, 1.82) is 0 Å². The zero-order valence-corrected chi connectivity index (χ0v) is 19.8. The Morgan fingerprint density at radius 1 is 0.938 bits per heavy atom. The molecular formula is C22H25Cl2N3O4S. The molecule has 0 spiro atoms. The van der Waals surface area contributed by atoms with E-state index in [0.29, 0.717) is 60.8 Å². The maximum atomic E-state index is 13.3. The van der Waals surface area contributed by atoms with Crippen molar-refractivity contribution in [2.45, 2.75) is 24.2 Å². The van der Waals surface area contributed by atoms with Gasteiger partial charge in [0.25, 0.3) is 5.91 Å². The van der Waals surface area contributed by atoms with Crippen LogP contribution in [0.2, 0.25) is 10.0 Å². The minimum Gasteiger partial charge on any atom is -0.378 e. The summed E-state index contributed by atoms with van der Waals surface area (Å²) in [7, 11) is -3.69. The third kappa shape index (κ3) is 5.05. The van der Waals surface area contributed by atoms with Gasteiger partial charge in [-0.25, -0.2) is 8.42 Å². The van der Waals surface area contributed by atoms with Crippen LogP contribution in [0.3, 0.4) is 0 Å². The number of benzene rings is 2. The molecule has 2 heterocycles. The van der Waals surface area contributed by atoms with Crippen LogP contribution in [0.4, 0.5) is 11.4 Å². The number of sulfonamides is 1. The summed E-state index contributed by atoms with van der Waals surface area (Å²) >= 11 is 12.2. The number of nitrogens with one attached hydrogen (secondary N) is 1. The highest BCUT2D eigenvalue weighted by Gasteiger charge is 2.28. The lowest BCUT2D eigenvalue weighted by atomic mass is 10.1. The predicted molar refractivity (Wildman–Crippen MR) is 126 cm³/mol. The van der Waals surface area contributed by atoms with Crippen LogP contribution in [0.15, 0.2) is 41.3 Å². The molecule has 2 aliphatic heterocycles. The molecule has 10 heteroatoms. The van der Waals surface area contributed by atoms with E-state index in [4.69, 9.17) is 27.9 Å². The molecule has 1 N–H and O–H groups in total. The van der Waals surface area contributed by atoms with Crippen molar-refractivity contribution in [3.63, 3.8) is 0 Å². The van der Waals surface area contributed by atoms with Crippen LogP contribution in [-0.2, 0) is 14.8 Å². The number of halogens is 2. The summed E-state index contributed by atoms with van der Waals surface area (Å²) in [5.74, 6) is -0.439. The molecule has 32 heavy (non-hydrogen) atoms. The number of rotatable bonds is 5. The number of ether oxygens (including phenoxy) is 1.